The van der Waals surface area contributed by atoms with E-state index in [0.717, 1.165) is 17.9 Å². The van der Waals surface area contributed by atoms with Crippen LogP contribution in [0.15, 0.2) is 24.3 Å². The third kappa shape index (κ3) is 2.30. The summed E-state index contributed by atoms with van der Waals surface area (Å²) in [6.07, 6.45) is 3.12. The fourth-order valence-corrected chi connectivity index (χ4v) is 2.70. The summed E-state index contributed by atoms with van der Waals surface area (Å²) < 4.78 is 11.3. The number of methoxy groups -OCH3 is 1. The number of hydrogen-bond acceptors (Lipinski definition) is 2. The highest BCUT2D eigenvalue weighted by molar-refractivity contribution is 6.70. The summed E-state index contributed by atoms with van der Waals surface area (Å²) in [5.41, 5.74) is 2.52. The normalized spacial score (nSPS) is 14.4. The van der Waals surface area contributed by atoms with Crippen LogP contribution in [0.3, 0.4) is 0 Å². The van der Waals surface area contributed by atoms with Gasteiger partial charge in [0.1, 0.15) is 11.5 Å². The van der Waals surface area contributed by atoms with E-state index in [1.54, 1.807) is 7.11 Å². The number of ether oxygens (including phenoxy) is 1. The predicted molar refractivity (Wildman–Crippen MR) is 69.1 cm³/mol. The molecule has 0 spiro atoms. The van der Waals surface area contributed by atoms with Crippen molar-refractivity contribution in [1.82, 2.24) is 0 Å². The van der Waals surface area contributed by atoms with Gasteiger partial charge in [-0.05, 0) is 55.9 Å². The lowest BCUT2D eigenvalue weighted by molar-refractivity contribution is 0.414. The Morgan fingerprint density at radius 3 is 2.56 bits per heavy atom. The van der Waals surface area contributed by atoms with Gasteiger partial charge in [0.05, 0.1) is 7.11 Å². The summed E-state index contributed by atoms with van der Waals surface area (Å²) in [5, 5.41) is 0. The maximum absolute atomic E-state index is 6.06. The number of benzene rings is 1. The van der Waals surface area contributed by atoms with E-state index in [0.29, 0.717) is 0 Å². The second-order valence-corrected chi connectivity index (χ2v) is 9.44. The number of hydrogen-bond donors (Lipinski definition) is 0. The van der Waals surface area contributed by atoms with Crippen LogP contribution in [0.4, 0.5) is 0 Å². The molecule has 0 N–H and O–H groups in total. The minimum Gasteiger partial charge on any atom is -0.544 e. The highest BCUT2D eigenvalue weighted by Crippen LogP contribution is 2.32. The van der Waals surface area contributed by atoms with Crippen molar-refractivity contribution in [3.05, 3.63) is 35.4 Å². The summed E-state index contributed by atoms with van der Waals surface area (Å²) in [4.78, 5) is 0. The Hall–Kier alpha value is -1.22. The lowest BCUT2D eigenvalue weighted by Crippen LogP contribution is -2.24. The first-order valence-corrected chi connectivity index (χ1v) is 8.97. The van der Waals surface area contributed by atoms with E-state index < -0.39 is 8.32 Å². The maximum atomic E-state index is 6.06. The zero-order valence-electron chi connectivity index (χ0n) is 10.3. The van der Waals surface area contributed by atoms with Crippen LogP contribution in [0.25, 0.3) is 5.76 Å². The van der Waals surface area contributed by atoms with Crippen LogP contribution in [-0.4, -0.2) is 15.4 Å². The molecular weight excluding hydrogens is 216 g/mol. The Morgan fingerprint density at radius 1 is 1.19 bits per heavy atom. The average Bonchev–Trinajstić information content (AvgIpc) is 2.58. The van der Waals surface area contributed by atoms with Crippen molar-refractivity contribution < 1.29 is 9.16 Å². The van der Waals surface area contributed by atoms with Crippen molar-refractivity contribution in [3.63, 3.8) is 0 Å². The van der Waals surface area contributed by atoms with Gasteiger partial charge in [0.25, 0.3) is 0 Å². The van der Waals surface area contributed by atoms with Crippen molar-refractivity contribution >= 4 is 14.1 Å². The van der Waals surface area contributed by atoms with Gasteiger partial charge in [-0.3, -0.25) is 0 Å². The first-order valence-electron chi connectivity index (χ1n) is 5.56. The van der Waals surface area contributed by atoms with Crippen molar-refractivity contribution in [2.24, 2.45) is 0 Å². The third-order valence-electron chi connectivity index (χ3n) is 2.50. The highest BCUT2D eigenvalue weighted by atomic mass is 28.4. The first-order chi connectivity index (χ1) is 7.49. The molecule has 0 fully saturated rings. The minimum atomic E-state index is -1.51. The molecule has 2 rings (SSSR count). The molecule has 0 heterocycles. The van der Waals surface area contributed by atoms with Crippen LogP contribution in [0.2, 0.25) is 19.6 Å². The molecule has 1 aliphatic rings. The van der Waals surface area contributed by atoms with Gasteiger partial charge in [0.15, 0.2) is 0 Å². The SMILES string of the molecule is COc1ccc2c(c1)CC=C2O[Si](C)(C)C. The molecule has 0 bridgehead atoms. The summed E-state index contributed by atoms with van der Waals surface area (Å²) in [6, 6.07) is 6.17. The van der Waals surface area contributed by atoms with Crippen molar-refractivity contribution in [2.45, 2.75) is 26.1 Å². The molecule has 16 heavy (non-hydrogen) atoms. The van der Waals surface area contributed by atoms with E-state index in [-0.39, 0.29) is 0 Å². The van der Waals surface area contributed by atoms with E-state index in [1.165, 1.54) is 11.1 Å². The molecule has 86 valence electrons. The molecule has 0 atom stereocenters. The van der Waals surface area contributed by atoms with E-state index in [1.807, 2.05) is 6.07 Å². The molecule has 1 aromatic carbocycles. The van der Waals surface area contributed by atoms with Gasteiger partial charge in [0, 0.05) is 5.56 Å². The van der Waals surface area contributed by atoms with Crippen molar-refractivity contribution in [3.8, 4) is 5.75 Å². The largest absolute Gasteiger partial charge is 0.544 e. The Morgan fingerprint density at radius 2 is 1.94 bits per heavy atom. The molecule has 0 saturated carbocycles. The Kier molecular flexibility index (Phi) is 2.80. The third-order valence-corrected chi connectivity index (χ3v) is 3.33. The van der Waals surface area contributed by atoms with Gasteiger partial charge < -0.3 is 9.16 Å². The summed E-state index contributed by atoms with van der Waals surface area (Å²) >= 11 is 0. The highest BCUT2D eigenvalue weighted by Gasteiger charge is 2.22. The minimum absolute atomic E-state index is 0.918. The van der Waals surface area contributed by atoms with Crippen LogP contribution in [-0.2, 0) is 10.8 Å². The molecule has 0 aliphatic heterocycles. The van der Waals surface area contributed by atoms with Gasteiger partial charge in [0.2, 0.25) is 8.32 Å². The Balaban J connectivity index is 2.25. The zero-order valence-corrected chi connectivity index (χ0v) is 11.3. The molecule has 0 saturated heterocycles. The second kappa shape index (κ2) is 3.98. The molecule has 1 aliphatic carbocycles. The lowest BCUT2D eigenvalue weighted by Gasteiger charge is -2.20. The van der Waals surface area contributed by atoms with Crippen LogP contribution in [0.5, 0.6) is 5.75 Å². The van der Waals surface area contributed by atoms with E-state index in [2.05, 4.69) is 37.8 Å². The molecular formula is C13H18O2Si. The smallest absolute Gasteiger partial charge is 0.242 e. The lowest BCUT2D eigenvalue weighted by atomic mass is 10.1. The summed E-state index contributed by atoms with van der Waals surface area (Å²) in [5.74, 6) is 1.97. The molecule has 2 nitrogen and oxygen atoms in total. The topological polar surface area (TPSA) is 18.5 Å². The second-order valence-electron chi connectivity index (χ2n) is 5.01. The maximum Gasteiger partial charge on any atom is 0.242 e. The van der Waals surface area contributed by atoms with Gasteiger partial charge in [-0.1, -0.05) is 0 Å². The average molecular weight is 234 g/mol. The quantitative estimate of drug-likeness (QED) is 0.746. The van der Waals surface area contributed by atoms with Gasteiger partial charge in [-0.2, -0.15) is 0 Å². The Labute approximate surface area is 98.0 Å². The van der Waals surface area contributed by atoms with Crippen LogP contribution in [0, 0.1) is 0 Å². The fraction of sp³-hybridized carbons (Fsp3) is 0.385. The summed E-state index contributed by atoms with van der Waals surface area (Å²) in [7, 11) is 0.186. The molecule has 0 aromatic heterocycles. The zero-order chi connectivity index (χ0) is 11.8. The van der Waals surface area contributed by atoms with E-state index in [9.17, 15) is 0 Å². The van der Waals surface area contributed by atoms with E-state index >= 15 is 0 Å². The van der Waals surface area contributed by atoms with Crippen LogP contribution >= 0.6 is 0 Å². The fourth-order valence-electron chi connectivity index (χ4n) is 1.85. The van der Waals surface area contributed by atoms with Crippen molar-refractivity contribution in [1.29, 1.82) is 0 Å². The van der Waals surface area contributed by atoms with Crippen LogP contribution in [0.1, 0.15) is 11.1 Å². The molecule has 1 aromatic rings. The standard InChI is InChI=1S/C13H18O2Si/c1-14-11-6-7-12-10(9-11)5-8-13(12)15-16(2,3)4/h6-9H,5H2,1-4H3. The number of allylic oxidation sites excluding steroid dienone is 1. The molecule has 0 unspecified atom stereocenters. The van der Waals surface area contributed by atoms with Gasteiger partial charge >= 0.3 is 0 Å². The Bertz CT molecular complexity index is 430. The van der Waals surface area contributed by atoms with Crippen LogP contribution < -0.4 is 4.74 Å². The molecule has 0 amide bonds. The first kappa shape index (κ1) is 11.3. The van der Waals surface area contributed by atoms with Gasteiger partial charge in [-0.15, -0.1) is 0 Å². The number of fused-ring (bicyclic) bond motifs is 1. The van der Waals surface area contributed by atoms with Gasteiger partial charge in [-0.25, -0.2) is 0 Å². The monoisotopic (exact) mass is 234 g/mol. The predicted octanol–water partition coefficient (Wildman–Crippen LogP) is 3.44. The van der Waals surface area contributed by atoms with Crippen molar-refractivity contribution in [2.75, 3.05) is 7.11 Å². The molecule has 0 radical (unpaired) electrons. The summed E-state index contributed by atoms with van der Waals surface area (Å²) in [6.45, 7) is 6.61. The molecule has 3 heteroatoms. The van der Waals surface area contributed by atoms with E-state index in [4.69, 9.17) is 9.16 Å². The number of rotatable bonds is 3.